The normalized spacial score (nSPS) is 11.6. The zero-order chi connectivity index (χ0) is 13.9. The van der Waals surface area contributed by atoms with Gasteiger partial charge < -0.3 is 15.3 Å². The number of hydrogen-bond acceptors (Lipinski definition) is 4. The lowest BCUT2D eigenvalue weighted by Crippen LogP contribution is -2.08. The van der Waals surface area contributed by atoms with Gasteiger partial charge in [-0.05, 0) is 37.0 Å². The Kier molecular flexibility index (Phi) is 8.45. The van der Waals surface area contributed by atoms with Gasteiger partial charge in [0.2, 0.25) is 0 Å². The predicted octanol–water partition coefficient (Wildman–Crippen LogP) is 2.95. The van der Waals surface area contributed by atoms with Crippen LogP contribution in [0.1, 0.15) is 24.8 Å². The van der Waals surface area contributed by atoms with Crippen molar-refractivity contribution >= 4 is 21.6 Å². The van der Waals surface area contributed by atoms with Crippen LogP contribution in [0.25, 0.3) is 0 Å². The summed E-state index contributed by atoms with van der Waals surface area (Å²) in [5.41, 5.74) is 7.43. The molecule has 5 heteroatoms. The van der Waals surface area contributed by atoms with Gasteiger partial charge >= 0.3 is 0 Å². The summed E-state index contributed by atoms with van der Waals surface area (Å²) in [7, 11) is 1.72. The average molecular weight is 329 g/mol. The summed E-state index contributed by atoms with van der Waals surface area (Å²) in [6.07, 6.45) is 2.91. The molecule has 0 aliphatic carbocycles. The van der Waals surface area contributed by atoms with Crippen LogP contribution in [-0.2, 0) is 9.57 Å². The van der Waals surface area contributed by atoms with E-state index >= 15 is 0 Å². The molecule has 0 spiro atoms. The van der Waals surface area contributed by atoms with Crippen LogP contribution in [0.5, 0.6) is 0 Å². The highest BCUT2D eigenvalue weighted by Gasteiger charge is 2.05. The summed E-state index contributed by atoms with van der Waals surface area (Å²) in [6, 6.07) is 8.07. The van der Waals surface area contributed by atoms with Gasteiger partial charge in [0, 0.05) is 24.7 Å². The average Bonchev–Trinajstić information content (AvgIpc) is 2.43. The molecule has 0 heterocycles. The standard InChI is InChI=1S/C14H21BrN2O2/c1-18-10-3-2-4-14(17-19-11-9-16)12-5-7-13(15)8-6-12/h5-8H,2-4,9-11,16H2,1H3/b17-14+. The molecule has 0 fully saturated rings. The number of oxime groups is 1. The maximum atomic E-state index is 5.40. The third-order valence-corrected chi connectivity index (χ3v) is 3.10. The number of ether oxygens (including phenoxy) is 1. The summed E-state index contributed by atoms with van der Waals surface area (Å²) >= 11 is 3.43. The van der Waals surface area contributed by atoms with Crippen molar-refractivity contribution in [2.24, 2.45) is 10.9 Å². The molecule has 19 heavy (non-hydrogen) atoms. The second kappa shape index (κ2) is 9.95. The van der Waals surface area contributed by atoms with Crippen LogP contribution in [-0.4, -0.2) is 32.6 Å². The Bertz CT molecular complexity index is 380. The molecule has 0 amide bonds. The summed E-state index contributed by atoms with van der Waals surface area (Å²) in [5, 5.41) is 4.19. The van der Waals surface area contributed by atoms with Crippen LogP contribution in [0, 0.1) is 0 Å². The fourth-order valence-electron chi connectivity index (χ4n) is 1.60. The van der Waals surface area contributed by atoms with Gasteiger partial charge in [-0.2, -0.15) is 0 Å². The lowest BCUT2D eigenvalue weighted by Gasteiger charge is -2.07. The molecule has 0 saturated heterocycles. The Morgan fingerprint density at radius 2 is 1.95 bits per heavy atom. The molecule has 1 aromatic rings. The molecule has 4 nitrogen and oxygen atoms in total. The van der Waals surface area contributed by atoms with Crippen molar-refractivity contribution < 1.29 is 9.57 Å². The molecule has 0 unspecified atom stereocenters. The van der Waals surface area contributed by atoms with E-state index in [0.29, 0.717) is 13.2 Å². The third-order valence-electron chi connectivity index (χ3n) is 2.57. The van der Waals surface area contributed by atoms with E-state index in [9.17, 15) is 0 Å². The van der Waals surface area contributed by atoms with E-state index in [1.54, 1.807) is 7.11 Å². The molecule has 0 saturated carbocycles. The topological polar surface area (TPSA) is 56.8 Å². The van der Waals surface area contributed by atoms with E-state index in [1.807, 2.05) is 24.3 Å². The van der Waals surface area contributed by atoms with Crippen molar-refractivity contribution in [2.75, 3.05) is 26.9 Å². The minimum Gasteiger partial charge on any atom is -0.394 e. The van der Waals surface area contributed by atoms with E-state index in [-0.39, 0.29) is 0 Å². The summed E-state index contributed by atoms with van der Waals surface area (Å²) in [5.74, 6) is 0. The number of unbranched alkanes of at least 4 members (excludes halogenated alkanes) is 1. The number of halogens is 1. The summed E-state index contributed by atoms with van der Waals surface area (Å²) in [6.45, 7) is 1.69. The summed E-state index contributed by atoms with van der Waals surface area (Å²) in [4.78, 5) is 5.21. The minimum atomic E-state index is 0.443. The van der Waals surface area contributed by atoms with Gasteiger partial charge in [0.15, 0.2) is 0 Å². The first kappa shape index (κ1) is 16.1. The fourth-order valence-corrected chi connectivity index (χ4v) is 1.86. The molecule has 2 N–H and O–H groups in total. The molecule has 1 aromatic carbocycles. The van der Waals surface area contributed by atoms with Crippen LogP contribution in [0.15, 0.2) is 33.9 Å². The van der Waals surface area contributed by atoms with Crippen molar-refractivity contribution in [3.05, 3.63) is 34.3 Å². The molecule has 106 valence electrons. The highest BCUT2D eigenvalue weighted by molar-refractivity contribution is 9.10. The predicted molar refractivity (Wildman–Crippen MR) is 81.4 cm³/mol. The van der Waals surface area contributed by atoms with Gasteiger partial charge in [0.25, 0.3) is 0 Å². The third kappa shape index (κ3) is 6.71. The van der Waals surface area contributed by atoms with Crippen LogP contribution >= 0.6 is 15.9 Å². The SMILES string of the molecule is COCCCC/C(=N\OCCN)c1ccc(Br)cc1. The number of nitrogens with zero attached hydrogens (tertiary/aromatic N) is 1. The van der Waals surface area contributed by atoms with Gasteiger partial charge in [-0.3, -0.25) is 0 Å². The second-order valence-electron chi connectivity index (χ2n) is 4.12. The Morgan fingerprint density at radius 3 is 2.58 bits per heavy atom. The van der Waals surface area contributed by atoms with Crippen LogP contribution in [0.3, 0.4) is 0 Å². The lowest BCUT2D eigenvalue weighted by atomic mass is 10.1. The number of rotatable bonds is 9. The largest absolute Gasteiger partial charge is 0.394 e. The molecular formula is C14H21BrN2O2. The van der Waals surface area contributed by atoms with Gasteiger partial charge in [0.1, 0.15) is 6.61 Å². The Hall–Kier alpha value is -0.910. The van der Waals surface area contributed by atoms with E-state index in [0.717, 1.165) is 41.6 Å². The van der Waals surface area contributed by atoms with Crippen LogP contribution in [0.4, 0.5) is 0 Å². The molecule has 0 aromatic heterocycles. The lowest BCUT2D eigenvalue weighted by molar-refractivity contribution is 0.151. The summed E-state index contributed by atoms with van der Waals surface area (Å²) < 4.78 is 6.10. The van der Waals surface area contributed by atoms with Crippen molar-refractivity contribution in [1.29, 1.82) is 0 Å². The first-order valence-electron chi connectivity index (χ1n) is 6.41. The maximum Gasteiger partial charge on any atom is 0.129 e. The first-order valence-corrected chi connectivity index (χ1v) is 7.21. The molecule has 1 rings (SSSR count). The number of hydrogen-bond donors (Lipinski definition) is 1. The quantitative estimate of drug-likeness (QED) is 0.430. The Labute approximate surface area is 123 Å². The highest BCUT2D eigenvalue weighted by atomic mass is 79.9. The molecular weight excluding hydrogens is 308 g/mol. The molecule has 0 bridgehead atoms. The van der Waals surface area contributed by atoms with E-state index in [4.69, 9.17) is 15.3 Å². The van der Waals surface area contributed by atoms with Crippen LogP contribution in [0.2, 0.25) is 0 Å². The molecule has 0 aliphatic rings. The fraction of sp³-hybridized carbons (Fsp3) is 0.500. The molecule has 0 radical (unpaired) electrons. The van der Waals surface area contributed by atoms with E-state index in [2.05, 4.69) is 21.1 Å². The van der Waals surface area contributed by atoms with Crippen molar-refractivity contribution in [2.45, 2.75) is 19.3 Å². The second-order valence-corrected chi connectivity index (χ2v) is 5.03. The van der Waals surface area contributed by atoms with E-state index < -0.39 is 0 Å². The van der Waals surface area contributed by atoms with Crippen molar-refractivity contribution in [3.63, 3.8) is 0 Å². The zero-order valence-corrected chi connectivity index (χ0v) is 12.9. The van der Waals surface area contributed by atoms with E-state index in [1.165, 1.54) is 0 Å². The Morgan fingerprint density at radius 1 is 1.21 bits per heavy atom. The Balaban J connectivity index is 2.62. The molecule has 0 atom stereocenters. The first-order chi connectivity index (χ1) is 9.27. The highest BCUT2D eigenvalue weighted by Crippen LogP contribution is 2.14. The van der Waals surface area contributed by atoms with Gasteiger partial charge in [-0.1, -0.05) is 33.2 Å². The number of methoxy groups -OCH3 is 1. The maximum absolute atomic E-state index is 5.40. The van der Waals surface area contributed by atoms with Gasteiger partial charge in [0.05, 0.1) is 5.71 Å². The minimum absolute atomic E-state index is 0.443. The van der Waals surface area contributed by atoms with Gasteiger partial charge in [-0.15, -0.1) is 0 Å². The monoisotopic (exact) mass is 328 g/mol. The van der Waals surface area contributed by atoms with Crippen molar-refractivity contribution in [3.8, 4) is 0 Å². The smallest absolute Gasteiger partial charge is 0.129 e. The number of nitrogens with two attached hydrogens (primary N) is 1. The van der Waals surface area contributed by atoms with Gasteiger partial charge in [-0.25, -0.2) is 0 Å². The zero-order valence-electron chi connectivity index (χ0n) is 11.3. The number of benzene rings is 1. The van der Waals surface area contributed by atoms with Crippen LogP contribution < -0.4 is 5.73 Å². The van der Waals surface area contributed by atoms with Crippen molar-refractivity contribution in [1.82, 2.24) is 0 Å². The molecule has 0 aliphatic heterocycles.